The number of likely N-dealkylation sites (tertiary alicyclic amines) is 1. The van der Waals surface area contributed by atoms with Crippen LogP contribution >= 0.6 is 0 Å². The van der Waals surface area contributed by atoms with Crippen LogP contribution in [-0.2, 0) is 10.2 Å². The van der Waals surface area contributed by atoms with Crippen LogP contribution in [0.25, 0.3) is 0 Å². The van der Waals surface area contributed by atoms with Crippen molar-refractivity contribution in [3.8, 4) is 0 Å². The van der Waals surface area contributed by atoms with Crippen LogP contribution in [0.4, 0.5) is 18.9 Å². The van der Waals surface area contributed by atoms with E-state index >= 15 is 0 Å². The molecule has 2 aromatic carbocycles. The number of alkyl halides is 1. The van der Waals surface area contributed by atoms with Crippen molar-refractivity contribution >= 4 is 17.2 Å². The predicted molar refractivity (Wildman–Crippen MR) is 111 cm³/mol. The molecule has 0 radical (unpaired) electrons. The fourth-order valence-electron chi connectivity index (χ4n) is 4.43. The Labute approximate surface area is 174 Å². The van der Waals surface area contributed by atoms with Gasteiger partial charge in [0.2, 0.25) is 0 Å². The highest BCUT2D eigenvalue weighted by atomic mass is 19.1. The van der Waals surface area contributed by atoms with Gasteiger partial charge in [0, 0.05) is 26.1 Å². The molecule has 0 spiro atoms. The van der Waals surface area contributed by atoms with Crippen LogP contribution in [0.1, 0.15) is 25.3 Å². The smallest absolute Gasteiger partial charge is 0.176 e. The number of carbonyl (C=O) groups is 1. The van der Waals surface area contributed by atoms with Crippen molar-refractivity contribution in [1.29, 1.82) is 0 Å². The maximum Gasteiger partial charge on any atom is 0.176 e. The van der Waals surface area contributed by atoms with Crippen LogP contribution in [0.5, 0.6) is 0 Å². The van der Waals surface area contributed by atoms with Gasteiger partial charge in [0.25, 0.3) is 0 Å². The highest BCUT2D eigenvalue weighted by Crippen LogP contribution is 2.40. The van der Waals surface area contributed by atoms with E-state index in [0.29, 0.717) is 31.8 Å². The van der Waals surface area contributed by atoms with E-state index in [1.165, 1.54) is 11.9 Å². The van der Waals surface area contributed by atoms with Gasteiger partial charge in [0.1, 0.15) is 23.5 Å². The normalized spacial score (nSPS) is 22.1. The molecule has 158 valence electrons. The average molecular weight is 415 g/mol. The summed E-state index contributed by atoms with van der Waals surface area (Å²) in [5.74, 6) is -1.37. The molecule has 0 aromatic heterocycles. The third kappa shape index (κ3) is 3.86. The fourth-order valence-corrected chi connectivity index (χ4v) is 4.43. The van der Waals surface area contributed by atoms with E-state index in [1.807, 2.05) is 35.2 Å². The van der Waals surface area contributed by atoms with Gasteiger partial charge in [-0.1, -0.05) is 30.3 Å². The van der Waals surface area contributed by atoms with Crippen molar-refractivity contribution in [2.75, 3.05) is 31.2 Å². The lowest BCUT2D eigenvalue weighted by Crippen LogP contribution is -2.49. The molecule has 1 atom stereocenters. The Morgan fingerprint density at radius 1 is 1.17 bits per heavy atom. The number of benzene rings is 2. The lowest BCUT2D eigenvalue weighted by molar-refractivity contribution is -0.111. The molecular weight excluding hydrogens is 391 g/mol. The summed E-state index contributed by atoms with van der Waals surface area (Å²) >= 11 is 0. The maximum absolute atomic E-state index is 14.4. The highest BCUT2D eigenvalue weighted by molar-refractivity contribution is 6.43. The Kier molecular flexibility index (Phi) is 5.64. The van der Waals surface area contributed by atoms with E-state index in [-0.39, 0.29) is 18.0 Å². The molecule has 1 unspecified atom stereocenters. The second-order valence-corrected chi connectivity index (χ2v) is 8.07. The Hall–Kier alpha value is -2.67. The molecule has 0 saturated carbocycles. The highest BCUT2D eigenvalue weighted by Gasteiger charge is 2.46. The standard InChI is InChI=1S/C23H24F3N3O/c1-16(30)22-23(17-6-3-2-4-7-17,10-5-11-28-13-19(25)14-28)15-29(27-22)21-12-18(24)8-9-20(21)26/h2-4,6-9,12,19H,5,10-11,13-15H2,1H3. The number of ketones is 1. The fraction of sp³-hybridized carbons (Fsp3) is 0.391. The van der Waals surface area contributed by atoms with Gasteiger partial charge in [-0.25, -0.2) is 13.2 Å². The minimum Gasteiger partial charge on any atom is -0.297 e. The lowest BCUT2D eigenvalue weighted by atomic mass is 9.72. The summed E-state index contributed by atoms with van der Waals surface area (Å²) < 4.78 is 41.4. The van der Waals surface area contributed by atoms with Gasteiger partial charge in [-0.05, 0) is 37.1 Å². The van der Waals surface area contributed by atoms with Crippen molar-refractivity contribution in [2.24, 2.45) is 5.10 Å². The molecule has 1 fully saturated rings. The van der Waals surface area contributed by atoms with Gasteiger partial charge >= 0.3 is 0 Å². The summed E-state index contributed by atoms with van der Waals surface area (Å²) in [5, 5.41) is 5.85. The summed E-state index contributed by atoms with van der Waals surface area (Å²) in [6.07, 6.45) is 0.560. The minimum absolute atomic E-state index is 0.00886. The Morgan fingerprint density at radius 2 is 1.90 bits per heavy atom. The number of hydrazone groups is 1. The monoisotopic (exact) mass is 415 g/mol. The molecule has 4 rings (SSSR count). The van der Waals surface area contributed by atoms with Gasteiger partial charge in [-0.3, -0.25) is 14.7 Å². The quantitative estimate of drug-likeness (QED) is 0.683. The lowest BCUT2D eigenvalue weighted by Gasteiger charge is -2.36. The van der Waals surface area contributed by atoms with Gasteiger partial charge in [0.05, 0.1) is 17.6 Å². The molecular formula is C23H24F3N3O. The zero-order chi connectivity index (χ0) is 21.3. The first kappa shape index (κ1) is 20.6. The van der Waals surface area contributed by atoms with Crippen molar-refractivity contribution in [2.45, 2.75) is 31.4 Å². The van der Waals surface area contributed by atoms with E-state index < -0.39 is 23.2 Å². The summed E-state index contributed by atoms with van der Waals surface area (Å²) in [4.78, 5) is 14.6. The second kappa shape index (κ2) is 8.22. The van der Waals surface area contributed by atoms with E-state index in [1.54, 1.807) is 0 Å². The van der Waals surface area contributed by atoms with Gasteiger partial charge in [0.15, 0.2) is 5.78 Å². The molecule has 0 N–H and O–H groups in total. The van der Waals surface area contributed by atoms with E-state index in [9.17, 15) is 18.0 Å². The Bertz CT molecular complexity index is 959. The number of hydrogen-bond acceptors (Lipinski definition) is 4. The average Bonchev–Trinajstić information content (AvgIpc) is 3.10. The first-order chi connectivity index (χ1) is 14.4. The molecule has 4 nitrogen and oxygen atoms in total. The topological polar surface area (TPSA) is 35.9 Å². The van der Waals surface area contributed by atoms with Crippen LogP contribution in [-0.4, -0.2) is 48.7 Å². The number of Topliss-reactive ketones (excluding diaryl/α,β-unsaturated/α-hetero) is 1. The Balaban J connectivity index is 1.67. The number of anilines is 1. The second-order valence-electron chi connectivity index (χ2n) is 8.07. The Morgan fingerprint density at radius 3 is 2.57 bits per heavy atom. The molecule has 0 bridgehead atoms. The molecule has 0 aliphatic carbocycles. The summed E-state index contributed by atoms with van der Waals surface area (Å²) in [5.41, 5.74) is 0.510. The number of hydrogen-bond donors (Lipinski definition) is 0. The molecule has 2 aliphatic rings. The summed E-state index contributed by atoms with van der Waals surface area (Å²) in [6.45, 7) is 3.27. The third-order valence-electron chi connectivity index (χ3n) is 5.93. The molecule has 30 heavy (non-hydrogen) atoms. The number of rotatable bonds is 7. The maximum atomic E-state index is 14.4. The van der Waals surface area contributed by atoms with Gasteiger partial charge < -0.3 is 0 Å². The summed E-state index contributed by atoms with van der Waals surface area (Å²) in [6, 6.07) is 12.8. The van der Waals surface area contributed by atoms with Crippen molar-refractivity contribution in [3.63, 3.8) is 0 Å². The van der Waals surface area contributed by atoms with E-state index in [2.05, 4.69) is 5.10 Å². The predicted octanol–water partition coefficient (Wildman–Crippen LogP) is 4.10. The van der Waals surface area contributed by atoms with E-state index in [0.717, 1.165) is 30.2 Å². The van der Waals surface area contributed by atoms with Gasteiger partial charge in [-0.15, -0.1) is 0 Å². The van der Waals surface area contributed by atoms with Crippen LogP contribution in [0.15, 0.2) is 53.6 Å². The van der Waals surface area contributed by atoms with Crippen LogP contribution in [0, 0.1) is 11.6 Å². The van der Waals surface area contributed by atoms with Crippen molar-refractivity contribution in [1.82, 2.24) is 4.90 Å². The molecule has 2 aliphatic heterocycles. The number of carbonyl (C=O) groups excluding carboxylic acids is 1. The minimum atomic E-state index is -0.764. The zero-order valence-electron chi connectivity index (χ0n) is 16.8. The van der Waals surface area contributed by atoms with Crippen LogP contribution in [0.3, 0.4) is 0 Å². The van der Waals surface area contributed by atoms with Crippen molar-refractivity contribution < 1.29 is 18.0 Å². The molecule has 2 aromatic rings. The molecule has 1 saturated heterocycles. The number of halogens is 3. The SMILES string of the molecule is CC(=O)C1=NN(c2cc(F)ccc2F)CC1(CCCN1CC(F)C1)c1ccccc1. The van der Waals surface area contributed by atoms with E-state index in [4.69, 9.17) is 0 Å². The first-order valence-electron chi connectivity index (χ1n) is 10.1. The molecule has 7 heteroatoms. The van der Waals surface area contributed by atoms with Crippen molar-refractivity contribution in [3.05, 3.63) is 65.7 Å². The van der Waals surface area contributed by atoms with Crippen LogP contribution in [0.2, 0.25) is 0 Å². The summed E-state index contributed by atoms with van der Waals surface area (Å²) in [7, 11) is 0. The van der Waals surface area contributed by atoms with Crippen LogP contribution < -0.4 is 5.01 Å². The van der Waals surface area contributed by atoms with Gasteiger partial charge in [-0.2, -0.15) is 5.10 Å². The first-order valence-corrected chi connectivity index (χ1v) is 10.1. The zero-order valence-corrected chi connectivity index (χ0v) is 16.8. The number of nitrogens with zero attached hydrogens (tertiary/aromatic N) is 3. The third-order valence-corrected chi connectivity index (χ3v) is 5.93. The largest absolute Gasteiger partial charge is 0.297 e. The molecule has 2 heterocycles. The molecule has 0 amide bonds.